The van der Waals surface area contributed by atoms with Crippen molar-refractivity contribution in [2.45, 2.75) is 25.7 Å². The van der Waals surface area contributed by atoms with Gasteiger partial charge < -0.3 is 4.90 Å². The second-order valence-electron chi connectivity index (χ2n) is 4.60. The van der Waals surface area contributed by atoms with E-state index in [9.17, 15) is 8.42 Å². The van der Waals surface area contributed by atoms with Gasteiger partial charge in [0.1, 0.15) is 0 Å². The molecule has 5 nitrogen and oxygen atoms in total. The van der Waals surface area contributed by atoms with E-state index in [1.165, 1.54) is 25.7 Å². The van der Waals surface area contributed by atoms with Crippen LogP contribution in [0, 0.1) is 0 Å². The summed E-state index contributed by atoms with van der Waals surface area (Å²) in [5.74, 6) is 0. The van der Waals surface area contributed by atoms with Gasteiger partial charge in [0.05, 0.1) is 0 Å². The highest BCUT2D eigenvalue weighted by Gasteiger charge is 2.10. The fourth-order valence-corrected chi connectivity index (χ4v) is 2.70. The van der Waals surface area contributed by atoms with Gasteiger partial charge >= 0.3 is 0 Å². The van der Waals surface area contributed by atoms with Crippen LogP contribution in [0.3, 0.4) is 0 Å². The lowest BCUT2D eigenvalue weighted by Crippen LogP contribution is -2.24. The molecule has 1 heterocycles. The number of nitrogens with one attached hydrogen (secondary N) is 1. The molecule has 0 radical (unpaired) electrons. The number of benzene rings is 1. The molecule has 0 amide bonds. The maximum absolute atomic E-state index is 10.9. The molecular formula is C12H19N3O2S. The van der Waals surface area contributed by atoms with Crippen LogP contribution < -0.4 is 14.8 Å². The molecule has 0 atom stereocenters. The SMILES string of the molecule is NS(=O)(=O)Nc1ccc(N2CCCCCC2)cc1. The summed E-state index contributed by atoms with van der Waals surface area (Å²) in [4.78, 5) is 2.34. The molecule has 0 unspecified atom stereocenters. The molecule has 1 aromatic rings. The molecule has 1 aliphatic heterocycles. The number of hydrogen-bond donors (Lipinski definition) is 2. The van der Waals surface area contributed by atoms with Gasteiger partial charge in [0, 0.05) is 24.5 Å². The zero-order valence-electron chi connectivity index (χ0n) is 10.3. The molecule has 0 saturated carbocycles. The van der Waals surface area contributed by atoms with Gasteiger partial charge in [0.25, 0.3) is 10.2 Å². The Labute approximate surface area is 108 Å². The maximum Gasteiger partial charge on any atom is 0.296 e. The molecule has 0 bridgehead atoms. The summed E-state index contributed by atoms with van der Waals surface area (Å²) in [5.41, 5.74) is 1.63. The van der Waals surface area contributed by atoms with Gasteiger partial charge in [-0.2, -0.15) is 8.42 Å². The van der Waals surface area contributed by atoms with Crippen molar-refractivity contribution in [1.29, 1.82) is 0 Å². The summed E-state index contributed by atoms with van der Waals surface area (Å²) in [5, 5.41) is 4.92. The minimum absolute atomic E-state index is 0.496. The third-order valence-electron chi connectivity index (χ3n) is 3.10. The van der Waals surface area contributed by atoms with Crippen molar-refractivity contribution in [1.82, 2.24) is 0 Å². The zero-order chi connectivity index (χ0) is 13.0. The standard InChI is InChI=1S/C12H19N3O2S/c13-18(16,17)14-11-5-7-12(8-6-11)15-9-3-1-2-4-10-15/h5-8,14H,1-4,9-10H2,(H2,13,16,17). The Kier molecular flexibility index (Phi) is 4.08. The lowest BCUT2D eigenvalue weighted by Gasteiger charge is -2.22. The van der Waals surface area contributed by atoms with Crippen molar-refractivity contribution in [3.05, 3.63) is 24.3 Å². The van der Waals surface area contributed by atoms with Crippen LogP contribution in [0.25, 0.3) is 0 Å². The van der Waals surface area contributed by atoms with Crippen LogP contribution in [-0.2, 0) is 10.2 Å². The first-order valence-electron chi connectivity index (χ1n) is 6.20. The van der Waals surface area contributed by atoms with Crippen LogP contribution in [0.2, 0.25) is 0 Å². The molecule has 0 aliphatic carbocycles. The van der Waals surface area contributed by atoms with E-state index in [1.54, 1.807) is 12.1 Å². The molecule has 100 valence electrons. The van der Waals surface area contributed by atoms with E-state index in [0.717, 1.165) is 18.8 Å². The van der Waals surface area contributed by atoms with E-state index in [-0.39, 0.29) is 0 Å². The van der Waals surface area contributed by atoms with E-state index in [4.69, 9.17) is 5.14 Å². The Hall–Kier alpha value is -1.27. The van der Waals surface area contributed by atoms with Crippen LogP contribution in [0.5, 0.6) is 0 Å². The van der Waals surface area contributed by atoms with Crippen molar-refractivity contribution in [2.24, 2.45) is 5.14 Å². The molecule has 1 aliphatic rings. The third-order valence-corrected chi connectivity index (χ3v) is 3.62. The van der Waals surface area contributed by atoms with Gasteiger partial charge in [-0.25, -0.2) is 5.14 Å². The van der Waals surface area contributed by atoms with Crippen molar-refractivity contribution in [2.75, 3.05) is 22.7 Å². The Morgan fingerprint density at radius 3 is 2.06 bits per heavy atom. The maximum atomic E-state index is 10.9. The quantitative estimate of drug-likeness (QED) is 0.876. The zero-order valence-corrected chi connectivity index (χ0v) is 11.1. The molecular weight excluding hydrogens is 250 g/mol. The van der Waals surface area contributed by atoms with Gasteiger partial charge in [-0.15, -0.1) is 0 Å². The van der Waals surface area contributed by atoms with Crippen molar-refractivity contribution < 1.29 is 8.42 Å². The van der Waals surface area contributed by atoms with Crippen molar-refractivity contribution in [3.8, 4) is 0 Å². The van der Waals surface area contributed by atoms with Gasteiger partial charge in [-0.1, -0.05) is 12.8 Å². The topological polar surface area (TPSA) is 75.4 Å². The van der Waals surface area contributed by atoms with Crippen LogP contribution in [-0.4, -0.2) is 21.5 Å². The van der Waals surface area contributed by atoms with Gasteiger partial charge in [-0.05, 0) is 37.1 Å². The van der Waals surface area contributed by atoms with E-state index in [1.807, 2.05) is 12.1 Å². The fourth-order valence-electron chi connectivity index (χ4n) is 2.23. The Balaban J connectivity index is 2.06. The fraction of sp³-hybridized carbons (Fsp3) is 0.500. The largest absolute Gasteiger partial charge is 0.372 e. The highest BCUT2D eigenvalue weighted by molar-refractivity contribution is 7.90. The molecule has 2 rings (SSSR count). The number of hydrogen-bond acceptors (Lipinski definition) is 3. The molecule has 6 heteroatoms. The van der Waals surface area contributed by atoms with Crippen molar-refractivity contribution >= 4 is 21.6 Å². The summed E-state index contributed by atoms with van der Waals surface area (Å²) in [6, 6.07) is 7.34. The molecule has 1 saturated heterocycles. The molecule has 0 aromatic heterocycles. The summed E-state index contributed by atoms with van der Waals surface area (Å²) in [6.45, 7) is 2.14. The molecule has 1 aromatic carbocycles. The lowest BCUT2D eigenvalue weighted by atomic mass is 10.2. The normalized spacial score (nSPS) is 17.3. The van der Waals surface area contributed by atoms with E-state index >= 15 is 0 Å². The van der Waals surface area contributed by atoms with Crippen molar-refractivity contribution in [3.63, 3.8) is 0 Å². The first-order valence-corrected chi connectivity index (χ1v) is 7.75. The Morgan fingerprint density at radius 1 is 1.00 bits per heavy atom. The van der Waals surface area contributed by atoms with Gasteiger partial charge in [0.2, 0.25) is 0 Å². The van der Waals surface area contributed by atoms with E-state index in [0.29, 0.717) is 5.69 Å². The van der Waals surface area contributed by atoms with Crippen LogP contribution in [0.4, 0.5) is 11.4 Å². The Morgan fingerprint density at radius 2 is 1.56 bits per heavy atom. The molecule has 1 fully saturated rings. The summed E-state index contributed by atoms with van der Waals surface area (Å²) >= 11 is 0. The first-order chi connectivity index (χ1) is 8.54. The average molecular weight is 269 g/mol. The summed E-state index contributed by atoms with van der Waals surface area (Å²) < 4.78 is 24.0. The Bertz CT molecular complexity index is 477. The first kappa shape index (κ1) is 13.2. The van der Waals surface area contributed by atoms with Gasteiger partial charge in [-0.3, -0.25) is 4.72 Å². The number of anilines is 2. The second-order valence-corrected chi connectivity index (χ2v) is 5.89. The van der Waals surface area contributed by atoms with Crippen LogP contribution in [0.1, 0.15) is 25.7 Å². The highest BCUT2D eigenvalue weighted by atomic mass is 32.2. The summed E-state index contributed by atoms with van der Waals surface area (Å²) in [7, 11) is -3.68. The minimum atomic E-state index is -3.68. The van der Waals surface area contributed by atoms with Crippen LogP contribution in [0.15, 0.2) is 24.3 Å². The third kappa shape index (κ3) is 3.89. The summed E-state index contributed by atoms with van der Waals surface area (Å²) in [6.07, 6.45) is 5.03. The monoisotopic (exact) mass is 269 g/mol. The average Bonchev–Trinajstić information content (AvgIpc) is 2.56. The number of rotatable bonds is 3. The second kappa shape index (κ2) is 5.58. The number of nitrogens with two attached hydrogens (primary N) is 1. The lowest BCUT2D eigenvalue weighted by molar-refractivity contribution is 0.603. The minimum Gasteiger partial charge on any atom is -0.372 e. The van der Waals surface area contributed by atoms with E-state index < -0.39 is 10.2 Å². The predicted molar refractivity (Wildman–Crippen MR) is 73.9 cm³/mol. The highest BCUT2D eigenvalue weighted by Crippen LogP contribution is 2.21. The predicted octanol–water partition coefficient (Wildman–Crippen LogP) is 1.68. The van der Waals surface area contributed by atoms with Crippen LogP contribution >= 0.6 is 0 Å². The molecule has 0 spiro atoms. The van der Waals surface area contributed by atoms with Gasteiger partial charge in [0.15, 0.2) is 0 Å². The van der Waals surface area contributed by atoms with E-state index in [2.05, 4.69) is 9.62 Å². The molecule has 3 N–H and O–H groups in total. The molecule has 18 heavy (non-hydrogen) atoms. The smallest absolute Gasteiger partial charge is 0.296 e. The number of nitrogens with zero attached hydrogens (tertiary/aromatic N) is 1.